The molecule has 1 aliphatic heterocycles. The van der Waals surface area contributed by atoms with Gasteiger partial charge in [0.15, 0.2) is 0 Å². The van der Waals surface area contributed by atoms with Crippen LogP contribution < -0.4 is 0 Å². The van der Waals surface area contributed by atoms with Crippen LogP contribution in [0.25, 0.3) is 0 Å². The second kappa shape index (κ2) is 6.82. The molecular weight excluding hydrogens is 274 g/mol. The summed E-state index contributed by atoms with van der Waals surface area (Å²) in [7, 11) is 0. The Bertz CT molecular complexity index is 489. The van der Waals surface area contributed by atoms with Crippen molar-refractivity contribution in [2.75, 3.05) is 19.8 Å². The van der Waals surface area contributed by atoms with Crippen LogP contribution in [0.4, 0.5) is 0 Å². The van der Waals surface area contributed by atoms with Gasteiger partial charge in [-0.15, -0.1) is 0 Å². The van der Waals surface area contributed by atoms with Gasteiger partial charge in [0.05, 0.1) is 0 Å². The molecule has 1 heterocycles. The predicted octanol–water partition coefficient (Wildman–Crippen LogP) is 3.63. The molecule has 120 valence electrons. The summed E-state index contributed by atoms with van der Waals surface area (Å²) >= 11 is 0. The van der Waals surface area contributed by atoms with Crippen molar-refractivity contribution in [1.29, 1.82) is 0 Å². The first-order valence-electron chi connectivity index (χ1n) is 8.57. The molecule has 1 saturated heterocycles. The SMILES string of the molecule is CC1(CN(Cc2ccccc2)C(=O)C2CCC2)CCOCC1. The van der Waals surface area contributed by atoms with Gasteiger partial charge in [0, 0.05) is 32.2 Å². The Morgan fingerprint density at radius 3 is 2.50 bits per heavy atom. The quantitative estimate of drug-likeness (QED) is 0.831. The molecule has 3 rings (SSSR count). The van der Waals surface area contributed by atoms with Crippen molar-refractivity contribution in [1.82, 2.24) is 4.90 Å². The lowest BCUT2D eigenvalue weighted by atomic mass is 9.80. The van der Waals surface area contributed by atoms with Gasteiger partial charge in [0.1, 0.15) is 0 Å². The fourth-order valence-electron chi connectivity index (χ4n) is 3.41. The first kappa shape index (κ1) is 15.5. The molecule has 0 N–H and O–H groups in total. The monoisotopic (exact) mass is 301 g/mol. The Labute approximate surface area is 133 Å². The molecular formula is C19H27NO2. The lowest BCUT2D eigenvalue weighted by Gasteiger charge is -2.40. The average molecular weight is 301 g/mol. The fraction of sp³-hybridized carbons (Fsp3) is 0.632. The molecule has 0 bridgehead atoms. The van der Waals surface area contributed by atoms with Gasteiger partial charge >= 0.3 is 0 Å². The van der Waals surface area contributed by atoms with E-state index in [1.54, 1.807) is 0 Å². The Hall–Kier alpha value is -1.35. The third-order valence-corrected chi connectivity index (χ3v) is 5.25. The Kier molecular flexibility index (Phi) is 4.82. The molecule has 3 nitrogen and oxygen atoms in total. The van der Waals surface area contributed by atoms with Gasteiger partial charge in [0.2, 0.25) is 5.91 Å². The van der Waals surface area contributed by atoms with Crippen molar-refractivity contribution >= 4 is 5.91 Å². The highest BCUT2D eigenvalue weighted by Gasteiger charge is 2.35. The molecule has 1 aliphatic carbocycles. The van der Waals surface area contributed by atoms with E-state index in [1.165, 1.54) is 12.0 Å². The molecule has 2 fully saturated rings. The Balaban J connectivity index is 1.71. The zero-order valence-electron chi connectivity index (χ0n) is 13.6. The van der Waals surface area contributed by atoms with Crippen LogP contribution in [0.3, 0.4) is 0 Å². The van der Waals surface area contributed by atoms with E-state index in [2.05, 4.69) is 36.1 Å². The molecule has 0 aromatic heterocycles. The zero-order valence-corrected chi connectivity index (χ0v) is 13.6. The van der Waals surface area contributed by atoms with Gasteiger partial charge in [0.25, 0.3) is 0 Å². The smallest absolute Gasteiger partial charge is 0.225 e. The van der Waals surface area contributed by atoms with Crippen molar-refractivity contribution in [3.05, 3.63) is 35.9 Å². The largest absolute Gasteiger partial charge is 0.381 e. The lowest BCUT2D eigenvalue weighted by Crippen LogP contribution is -2.45. The first-order chi connectivity index (χ1) is 10.7. The van der Waals surface area contributed by atoms with Crippen LogP contribution >= 0.6 is 0 Å². The molecule has 1 saturated carbocycles. The molecule has 0 spiro atoms. The van der Waals surface area contributed by atoms with Crippen LogP contribution in [0.15, 0.2) is 30.3 Å². The minimum Gasteiger partial charge on any atom is -0.381 e. The topological polar surface area (TPSA) is 29.5 Å². The van der Waals surface area contributed by atoms with Crippen LogP contribution in [0, 0.1) is 11.3 Å². The zero-order chi connectivity index (χ0) is 15.4. The number of nitrogens with zero attached hydrogens (tertiary/aromatic N) is 1. The number of carbonyl (C=O) groups excluding carboxylic acids is 1. The van der Waals surface area contributed by atoms with Gasteiger partial charge in [-0.1, -0.05) is 43.7 Å². The van der Waals surface area contributed by atoms with Crippen LogP contribution in [0.2, 0.25) is 0 Å². The molecule has 0 radical (unpaired) electrons. The van der Waals surface area contributed by atoms with Gasteiger partial charge in [-0.3, -0.25) is 4.79 Å². The predicted molar refractivity (Wildman–Crippen MR) is 87.4 cm³/mol. The number of carbonyl (C=O) groups is 1. The van der Waals surface area contributed by atoms with Crippen molar-refractivity contribution < 1.29 is 9.53 Å². The summed E-state index contributed by atoms with van der Waals surface area (Å²) in [4.78, 5) is 15.0. The summed E-state index contributed by atoms with van der Waals surface area (Å²) < 4.78 is 5.50. The molecule has 1 amide bonds. The first-order valence-corrected chi connectivity index (χ1v) is 8.57. The highest BCUT2D eigenvalue weighted by Crippen LogP contribution is 2.34. The second-order valence-electron chi connectivity index (χ2n) is 7.23. The highest BCUT2D eigenvalue weighted by atomic mass is 16.5. The summed E-state index contributed by atoms with van der Waals surface area (Å²) in [6, 6.07) is 10.4. The summed E-state index contributed by atoms with van der Waals surface area (Å²) in [5, 5.41) is 0. The van der Waals surface area contributed by atoms with E-state index in [0.717, 1.165) is 52.0 Å². The minimum atomic E-state index is 0.201. The maximum atomic E-state index is 12.8. The second-order valence-corrected chi connectivity index (χ2v) is 7.23. The van der Waals surface area contributed by atoms with E-state index < -0.39 is 0 Å². The van der Waals surface area contributed by atoms with Crippen molar-refractivity contribution in [3.63, 3.8) is 0 Å². The molecule has 1 aromatic carbocycles. The van der Waals surface area contributed by atoms with Crippen molar-refractivity contribution in [2.24, 2.45) is 11.3 Å². The average Bonchev–Trinajstić information content (AvgIpc) is 2.46. The number of rotatable bonds is 5. The van der Waals surface area contributed by atoms with E-state index in [-0.39, 0.29) is 11.3 Å². The van der Waals surface area contributed by atoms with Gasteiger partial charge in [-0.2, -0.15) is 0 Å². The number of benzene rings is 1. The lowest BCUT2D eigenvalue weighted by molar-refractivity contribution is -0.141. The van der Waals surface area contributed by atoms with E-state index >= 15 is 0 Å². The maximum absolute atomic E-state index is 12.8. The molecule has 0 atom stereocenters. The Morgan fingerprint density at radius 2 is 1.91 bits per heavy atom. The van der Waals surface area contributed by atoms with Crippen LogP contribution in [0.5, 0.6) is 0 Å². The number of ether oxygens (including phenoxy) is 1. The van der Waals surface area contributed by atoms with Crippen molar-refractivity contribution in [3.8, 4) is 0 Å². The summed E-state index contributed by atoms with van der Waals surface area (Å²) in [5.74, 6) is 0.634. The summed E-state index contributed by atoms with van der Waals surface area (Å²) in [6.45, 7) is 5.56. The third kappa shape index (κ3) is 3.70. The molecule has 1 aromatic rings. The van der Waals surface area contributed by atoms with Crippen LogP contribution in [-0.4, -0.2) is 30.6 Å². The minimum absolute atomic E-state index is 0.201. The maximum Gasteiger partial charge on any atom is 0.225 e. The number of hydrogen-bond acceptors (Lipinski definition) is 2. The van der Waals surface area contributed by atoms with Crippen molar-refractivity contribution in [2.45, 2.75) is 45.6 Å². The molecule has 3 heteroatoms. The summed E-state index contributed by atoms with van der Waals surface area (Å²) in [6.07, 6.45) is 5.46. The van der Waals surface area contributed by atoms with Crippen LogP contribution in [-0.2, 0) is 16.1 Å². The van der Waals surface area contributed by atoms with Gasteiger partial charge in [-0.05, 0) is 36.7 Å². The Morgan fingerprint density at radius 1 is 1.23 bits per heavy atom. The standard InChI is InChI=1S/C19H27NO2/c1-19(10-12-22-13-11-19)15-20(18(21)17-8-5-9-17)14-16-6-3-2-4-7-16/h2-4,6-7,17H,5,8-15H2,1H3. The third-order valence-electron chi connectivity index (χ3n) is 5.25. The highest BCUT2D eigenvalue weighted by molar-refractivity contribution is 5.79. The van der Waals surface area contributed by atoms with Crippen LogP contribution in [0.1, 0.15) is 44.6 Å². The molecule has 22 heavy (non-hydrogen) atoms. The number of hydrogen-bond donors (Lipinski definition) is 0. The number of amides is 1. The normalized spacial score (nSPS) is 21.1. The molecule has 0 unspecified atom stereocenters. The summed E-state index contributed by atoms with van der Waals surface area (Å²) in [5.41, 5.74) is 1.43. The van der Waals surface area contributed by atoms with E-state index in [1.807, 2.05) is 6.07 Å². The van der Waals surface area contributed by atoms with Gasteiger partial charge < -0.3 is 9.64 Å². The van der Waals surface area contributed by atoms with Gasteiger partial charge in [-0.25, -0.2) is 0 Å². The van der Waals surface area contributed by atoms with E-state index in [4.69, 9.17) is 4.74 Å². The van der Waals surface area contributed by atoms with E-state index in [0.29, 0.717) is 5.91 Å². The van der Waals surface area contributed by atoms with E-state index in [9.17, 15) is 4.79 Å². The fourth-order valence-corrected chi connectivity index (χ4v) is 3.41. The molecule has 2 aliphatic rings.